The lowest BCUT2D eigenvalue weighted by atomic mass is 10.1. The van der Waals surface area contributed by atoms with Crippen molar-refractivity contribution >= 4 is 29.1 Å². The maximum atomic E-state index is 12.3. The molecule has 1 aromatic carbocycles. The maximum Gasteiger partial charge on any atom is 0.254 e. The predicted molar refractivity (Wildman–Crippen MR) is 76.1 cm³/mol. The van der Waals surface area contributed by atoms with Crippen LogP contribution in [-0.2, 0) is 4.79 Å². The van der Waals surface area contributed by atoms with Crippen molar-refractivity contribution in [2.24, 2.45) is 0 Å². The van der Waals surface area contributed by atoms with Gasteiger partial charge in [0.15, 0.2) is 0 Å². The van der Waals surface area contributed by atoms with Crippen molar-refractivity contribution in [3.8, 4) is 0 Å². The highest BCUT2D eigenvalue weighted by atomic mass is 35.5. The smallest absolute Gasteiger partial charge is 0.254 e. The van der Waals surface area contributed by atoms with Crippen molar-refractivity contribution in [1.29, 1.82) is 0 Å². The Hall–Kier alpha value is -1.75. The second-order valence-electron chi connectivity index (χ2n) is 4.38. The molecule has 0 unspecified atom stereocenters. The van der Waals surface area contributed by atoms with Crippen LogP contribution in [0.3, 0.4) is 0 Å². The van der Waals surface area contributed by atoms with Crippen molar-refractivity contribution in [3.05, 3.63) is 28.8 Å². The van der Waals surface area contributed by atoms with Crippen molar-refractivity contribution in [3.63, 3.8) is 0 Å². The summed E-state index contributed by atoms with van der Waals surface area (Å²) in [5.74, 6) is -0.392. The van der Waals surface area contributed by atoms with E-state index in [1.165, 1.54) is 9.80 Å². The van der Waals surface area contributed by atoms with E-state index in [4.69, 9.17) is 17.3 Å². The van der Waals surface area contributed by atoms with Crippen LogP contribution >= 0.6 is 11.6 Å². The Kier molecular flexibility index (Phi) is 5.18. The van der Waals surface area contributed by atoms with Gasteiger partial charge < -0.3 is 15.5 Å². The molecule has 6 heteroatoms. The van der Waals surface area contributed by atoms with Crippen LogP contribution in [0.25, 0.3) is 0 Å². The van der Waals surface area contributed by atoms with Gasteiger partial charge in [0.1, 0.15) is 0 Å². The van der Waals surface area contributed by atoms with Crippen LogP contribution in [0.4, 0.5) is 5.69 Å². The van der Waals surface area contributed by atoms with Gasteiger partial charge in [0.25, 0.3) is 5.91 Å². The molecule has 0 saturated carbocycles. The van der Waals surface area contributed by atoms with Gasteiger partial charge in [-0.3, -0.25) is 9.59 Å². The number of carbonyl (C=O) groups excluding carboxylic acids is 2. The predicted octanol–water partition coefficient (Wildman–Crippen LogP) is 1.47. The van der Waals surface area contributed by atoms with E-state index in [0.717, 1.165) is 0 Å². The molecule has 0 fully saturated rings. The lowest BCUT2D eigenvalue weighted by Gasteiger charge is -2.22. The van der Waals surface area contributed by atoms with Crippen LogP contribution in [0.2, 0.25) is 5.02 Å². The number of hydrogen-bond donors (Lipinski definition) is 1. The Morgan fingerprint density at radius 1 is 1.26 bits per heavy atom. The van der Waals surface area contributed by atoms with Crippen LogP contribution in [0.1, 0.15) is 17.3 Å². The third-order valence-electron chi connectivity index (χ3n) is 2.66. The molecular weight excluding hydrogens is 266 g/mol. The Morgan fingerprint density at radius 3 is 2.37 bits per heavy atom. The monoisotopic (exact) mass is 283 g/mol. The van der Waals surface area contributed by atoms with Gasteiger partial charge in [0, 0.05) is 36.9 Å². The third kappa shape index (κ3) is 4.13. The number of anilines is 1. The molecule has 2 amide bonds. The summed E-state index contributed by atoms with van der Waals surface area (Å²) in [4.78, 5) is 26.8. The average molecular weight is 284 g/mol. The standard InChI is InChI=1S/C13H18ClN3O2/c1-4-17(8-12(18)16(2)3)13(19)9-5-10(14)7-11(15)6-9/h5-7H,4,8,15H2,1-3H3. The fourth-order valence-corrected chi connectivity index (χ4v) is 1.79. The summed E-state index contributed by atoms with van der Waals surface area (Å²) < 4.78 is 0. The van der Waals surface area contributed by atoms with E-state index in [-0.39, 0.29) is 18.4 Å². The highest BCUT2D eigenvalue weighted by Crippen LogP contribution is 2.18. The molecule has 0 spiro atoms. The van der Waals surface area contributed by atoms with Gasteiger partial charge in [-0.15, -0.1) is 0 Å². The first-order valence-corrected chi connectivity index (χ1v) is 6.28. The topological polar surface area (TPSA) is 66.6 Å². The normalized spacial score (nSPS) is 10.1. The molecule has 1 rings (SSSR count). The molecule has 0 aliphatic heterocycles. The van der Waals surface area contributed by atoms with Crippen LogP contribution < -0.4 is 5.73 Å². The molecule has 0 atom stereocenters. The Bertz CT molecular complexity index is 469. The summed E-state index contributed by atoms with van der Waals surface area (Å²) in [5, 5.41) is 0.401. The number of likely N-dealkylation sites (N-methyl/N-ethyl adjacent to an activating group) is 2. The number of carbonyl (C=O) groups is 2. The minimum absolute atomic E-state index is 0.0365. The lowest BCUT2D eigenvalue weighted by Crippen LogP contribution is -2.40. The second-order valence-corrected chi connectivity index (χ2v) is 4.82. The summed E-state index contributed by atoms with van der Waals surface area (Å²) in [6, 6.07) is 4.67. The number of rotatable bonds is 4. The Balaban J connectivity index is 2.92. The van der Waals surface area contributed by atoms with Gasteiger partial charge in [-0.05, 0) is 25.1 Å². The number of amides is 2. The molecule has 0 aliphatic carbocycles. The van der Waals surface area contributed by atoms with Crippen LogP contribution in [0.5, 0.6) is 0 Å². The first-order valence-electron chi connectivity index (χ1n) is 5.90. The van der Waals surface area contributed by atoms with E-state index in [1.54, 1.807) is 32.3 Å². The van der Waals surface area contributed by atoms with Gasteiger partial charge in [0.2, 0.25) is 5.91 Å². The molecule has 0 bridgehead atoms. The minimum Gasteiger partial charge on any atom is -0.399 e. The van der Waals surface area contributed by atoms with Crippen LogP contribution in [0, 0.1) is 0 Å². The van der Waals surface area contributed by atoms with Crippen LogP contribution in [-0.4, -0.2) is 48.8 Å². The molecule has 0 aliphatic rings. The largest absolute Gasteiger partial charge is 0.399 e. The van der Waals surface area contributed by atoms with E-state index in [1.807, 2.05) is 6.92 Å². The second kappa shape index (κ2) is 6.43. The van der Waals surface area contributed by atoms with Gasteiger partial charge in [-0.1, -0.05) is 11.6 Å². The zero-order valence-corrected chi connectivity index (χ0v) is 12.1. The highest BCUT2D eigenvalue weighted by molar-refractivity contribution is 6.31. The lowest BCUT2D eigenvalue weighted by molar-refractivity contribution is -0.129. The molecule has 2 N–H and O–H groups in total. The summed E-state index contributed by atoms with van der Waals surface area (Å²) in [5.41, 5.74) is 6.47. The number of nitrogens with two attached hydrogens (primary N) is 1. The third-order valence-corrected chi connectivity index (χ3v) is 2.88. The van der Waals surface area contributed by atoms with E-state index < -0.39 is 0 Å². The zero-order chi connectivity index (χ0) is 14.6. The number of hydrogen-bond acceptors (Lipinski definition) is 3. The molecule has 0 aromatic heterocycles. The molecule has 5 nitrogen and oxygen atoms in total. The maximum absolute atomic E-state index is 12.3. The van der Waals surface area contributed by atoms with Crippen molar-refractivity contribution in [1.82, 2.24) is 9.80 Å². The van der Waals surface area contributed by atoms with Gasteiger partial charge in [-0.2, -0.15) is 0 Å². The molecule has 0 radical (unpaired) electrons. The number of nitrogens with zero attached hydrogens (tertiary/aromatic N) is 2. The van der Waals surface area contributed by atoms with Crippen molar-refractivity contribution in [2.75, 3.05) is 32.9 Å². The van der Waals surface area contributed by atoms with E-state index in [0.29, 0.717) is 22.8 Å². The van der Waals surface area contributed by atoms with E-state index >= 15 is 0 Å². The van der Waals surface area contributed by atoms with Gasteiger partial charge in [0.05, 0.1) is 6.54 Å². The van der Waals surface area contributed by atoms with Crippen molar-refractivity contribution in [2.45, 2.75) is 6.92 Å². The summed E-state index contributed by atoms with van der Waals surface area (Å²) in [7, 11) is 3.30. The minimum atomic E-state index is -0.257. The first-order chi connectivity index (χ1) is 8.85. The SMILES string of the molecule is CCN(CC(=O)N(C)C)C(=O)c1cc(N)cc(Cl)c1. The van der Waals surface area contributed by atoms with Crippen LogP contribution in [0.15, 0.2) is 18.2 Å². The molecule has 0 saturated heterocycles. The molecule has 104 valence electrons. The Morgan fingerprint density at radius 2 is 1.89 bits per heavy atom. The average Bonchev–Trinajstić information content (AvgIpc) is 2.33. The summed E-state index contributed by atoms with van der Waals surface area (Å²) in [6.45, 7) is 2.29. The van der Waals surface area contributed by atoms with Crippen molar-refractivity contribution < 1.29 is 9.59 Å². The van der Waals surface area contributed by atoms with Gasteiger partial charge in [-0.25, -0.2) is 0 Å². The quantitative estimate of drug-likeness (QED) is 0.851. The molecule has 19 heavy (non-hydrogen) atoms. The Labute approximate surface area is 117 Å². The number of benzene rings is 1. The molecular formula is C13H18ClN3O2. The number of nitrogen functional groups attached to an aromatic ring is 1. The van der Waals surface area contributed by atoms with E-state index in [2.05, 4.69) is 0 Å². The highest BCUT2D eigenvalue weighted by Gasteiger charge is 2.18. The summed E-state index contributed by atoms with van der Waals surface area (Å²) >= 11 is 5.87. The molecule has 1 aromatic rings. The van der Waals surface area contributed by atoms with Gasteiger partial charge >= 0.3 is 0 Å². The first kappa shape index (κ1) is 15.3. The fraction of sp³-hybridized carbons (Fsp3) is 0.385. The zero-order valence-electron chi connectivity index (χ0n) is 11.3. The number of halogens is 1. The fourth-order valence-electron chi connectivity index (χ4n) is 1.55. The van der Waals surface area contributed by atoms with E-state index in [9.17, 15) is 9.59 Å². The molecule has 0 heterocycles. The summed E-state index contributed by atoms with van der Waals surface area (Å²) in [6.07, 6.45) is 0.